The Hall–Kier alpha value is -2.44. The number of halogens is 1. The number of nitrogens with one attached hydrogen (secondary N) is 1. The number of hydrogen-bond acceptors (Lipinski definition) is 5. The highest BCUT2D eigenvalue weighted by Crippen LogP contribution is 2.09. The summed E-state index contributed by atoms with van der Waals surface area (Å²) in [5.41, 5.74) is 0.130. The Labute approximate surface area is 134 Å². The third kappa shape index (κ3) is 5.69. The third-order valence-corrected chi connectivity index (χ3v) is 3.40. The summed E-state index contributed by atoms with van der Waals surface area (Å²) in [7, 11) is 1.23. The minimum atomic E-state index is -0.804. The summed E-state index contributed by atoms with van der Waals surface area (Å²) in [6.45, 7) is 3.13. The van der Waals surface area contributed by atoms with Crippen molar-refractivity contribution in [2.24, 2.45) is 5.92 Å². The summed E-state index contributed by atoms with van der Waals surface area (Å²) in [4.78, 5) is 35.2. The summed E-state index contributed by atoms with van der Waals surface area (Å²) < 4.78 is 22.2. The lowest BCUT2D eigenvalue weighted by Crippen LogP contribution is -2.47. The summed E-state index contributed by atoms with van der Waals surface area (Å²) in [5.74, 6) is -2.53. The summed E-state index contributed by atoms with van der Waals surface area (Å²) >= 11 is 0. The Kier molecular flexibility index (Phi) is 7.18. The van der Waals surface area contributed by atoms with Crippen molar-refractivity contribution in [3.05, 3.63) is 35.6 Å². The molecule has 0 aromatic heterocycles. The lowest BCUT2D eigenvalue weighted by atomic mass is 9.99. The normalized spacial score (nSPS) is 12.9. The molecule has 0 aliphatic heterocycles. The second-order valence-corrected chi connectivity index (χ2v) is 5.04. The zero-order valence-electron chi connectivity index (χ0n) is 13.3. The molecule has 0 heterocycles. The van der Waals surface area contributed by atoms with Crippen LogP contribution in [0.3, 0.4) is 0 Å². The maximum absolute atomic E-state index is 12.8. The molecule has 7 heteroatoms. The molecule has 0 fully saturated rings. The van der Waals surface area contributed by atoms with Gasteiger partial charge in [-0.2, -0.15) is 0 Å². The number of rotatable bonds is 7. The SMILES string of the molecule is CC[C@H](C)[C@@H](NC(=O)COC(=O)c1ccc(F)cc1)C(=O)OC. The number of ether oxygens (including phenoxy) is 2. The van der Waals surface area contributed by atoms with Crippen molar-refractivity contribution in [2.45, 2.75) is 26.3 Å². The van der Waals surface area contributed by atoms with E-state index < -0.39 is 36.3 Å². The van der Waals surface area contributed by atoms with E-state index in [1.54, 1.807) is 6.92 Å². The standard InChI is InChI=1S/C16H20FNO5/c1-4-10(2)14(16(21)22-3)18-13(19)9-23-15(20)11-5-7-12(17)8-6-11/h5-8,10,14H,4,9H2,1-3H3,(H,18,19)/t10-,14+/m0/s1. The maximum atomic E-state index is 12.8. The van der Waals surface area contributed by atoms with Crippen LogP contribution in [0.5, 0.6) is 0 Å². The van der Waals surface area contributed by atoms with Gasteiger partial charge >= 0.3 is 11.9 Å². The van der Waals surface area contributed by atoms with Gasteiger partial charge in [0.1, 0.15) is 11.9 Å². The number of esters is 2. The molecule has 6 nitrogen and oxygen atoms in total. The monoisotopic (exact) mass is 325 g/mol. The molecule has 1 aromatic rings. The molecule has 1 rings (SSSR count). The van der Waals surface area contributed by atoms with E-state index in [0.29, 0.717) is 6.42 Å². The minimum absolute atomic E-state index is 0.126. The molecule has 0 radical (unpaired) electrons. The first-order valence-corrected chi connectivity index (χ1v) is 7.18. The molecule has 1 N–H and O–H groups in total. The predicted octanol–water partition coefficient (Wildman–Crippen LogP) is 1.69. The number of benzene rings is 1. The molecule has 0 saturated carbocycles. The van der Waals surface area contributed by atoms with Gasteiger partial charge in [0.05, 0.1) is 12.7 Å². The quantitative estimate of drug-likeness (QED) is 0.772. The number of carbonyl (C=O) groups excluding carboxylic acids is 3. The molecule has 23 heavy (non-hydrogen) atoms. The van der Waals surface area contributed by atoms with Gasteiger partial charge in [-0.15, -0.1) is 0 Å². The molecule has 0 aliphatic carbocycles. The topological polar surface area (TPSA) is 81.7 Å². The molecule has 0 spiro atoms. The molecule has 1 aromatic carbocycles. The van der Waals surface area contributed by atoms with Crippen LogP contribution in [0.4, 0.5) is 4.39 Å². The zero-order valence-corrected chi connectivity index (χ0v) is 13.3. The van der Waals surface area contributed by atoms with Crippen molar-refractivity contribution in [1.29, 1.82) is 0 Å². The van der Waals surface area contributed by atoms with Gasteiger partial charge in [0.25, 0.3) is 5.91 Å². The fourth-order valence-corrected chi connectivity index (χ4v) is 1.81. The van der Waals surface area contributed by atoms with E-state index in [4.69, 9.17) is 4.74 Å². The molecule has 0 bridgehead atoms. The molecular weight excluding hydrogens is 305 g/mol. The Morgan fingerprint density at radius 3 is 2.35 bits per heavy atom. The molecule has 126 valence electrons. The first-order valence-electron chi connectivity index (χ1n) is 7.18. The Morgan fingerprint density at radius 2 is 1.83 bits per heavy atom. The van der Waals surface area contributed by atoms with Crippen molar-refractivity contribution in [1.82, 2.24) is 5.32 Å². The second-order valence-electron chi connectivity index (χ2n) is 5.04. The van der Waals surface area contributed by atoms with Gasteiger partial charge in [0.2, 0.25) is 0 Å². The molecule has 1 amide bonds. The van der Waals surface area contributed by atoms with Crippen LogP contribution in [0.1, 0.15) is 30.6 Å². The van der Waals surface area contributed by atoms with Gasteiger partial charge in [0.15, 0.2) is 6.61 Å². The van der Waals surface area contributed by atoms with Crippen LogP contribution in [-0.4, -0.2) is 37.6 Å². The minimum Gasteiger partial charge on any atom is -0.467 e. The van der Waals surface area contributed by atoms with Crippen LogP contribution in [0.2, 0.25) is 0 Å². The van der Waals surface area contributed by atoms with Gasteiger partial charge in [-0.25, -0.2) is 14.0 Å². The first kappa shape index (κ1) is 18.6. The van der Waals surface area contributed by atoms with Gasteiger partial charge in [-0.05, 0) is 30.2 Å². The van der Waals surface area contributed by atoms with Crippen molar-refractivity contribution in [3.8, 4) is 0 Å². The Morgan fingerprint density at radius 1 is 1.22 bits per heavy atom. The third-order valence-electron chi connectivity index (χ3n) is 3.40. The fraction of sp³-hybridized carbons (Fsp3) is 0.438. The van der Waals surface area contributed by atoms with E-state index in [9.17, 15) is 18.8 Å². The highest BCUT2D eigenvalue weighted by molar-refractivity contribution is 5.92. The average molecular weight is 325 g/mol. The highest BCUT2D eigenvalue weighted by Gasteiger charge is 2.26. The lowest BCUT2D eigenvalue weighted by molar-refractivity contribution is -0.147. The Bertz CT molecular complexity index is 558. The lowest BCUT2D eigenvalue weighted by Gasteiger charge is -2.21. The molecular formula is C16H20FNO5. The molecule has 0 saturated heterocycles. The van der Waals surface area contributed by atoms with E-state index in [2.05, 4.69) is 10.1 Å². The number of hydrogen-bond donors (Lipinski definition) is 1. The van der Waals surface area contributed by atoms with Crippen LogP contribution in [0.15, 0.2) is 24.3 Å². The second kappa shape index (κ2) is 8.87. The summed E-state index contributed by atoms with van der Waals surface area (Å²) in [6.07, 6.45) is 0.662. The maximum Gasteiger partial charge on any atom is 0.338 e. The summed E-state index contributed by atoms with van der Waals surface area (Å²) in [6, 6.07) is 3.94. The van der Waals surface area contributed by atoms with Gasteiger partial charge < -0.3 is 14.8 Å². The van der Waals surface area contributed by atoms with Crippen LogP contribution in [0, 0.1) is 11.7 Å². The molecule has 2 atom stereocenters. The van der Waals surface area contributed by atoms with E-state index in [0.717, 1.165) is 12.1 Å². The number of methoxy groups -OCH3 is 1. The number of carbonyl (C=O) groups is 3. The average Bonchev–Trinajstić information content (AvgIpc) is 2.56. The van der Waals surface area contributed by atoms with E-state index in [-0.39, 0.29) is 11.5 Å². The van der Waals surface area contributed by atoms with Gasteiger partial charge in [0, 0.05) is 0 Å². The van der Waals surface area contributed by atoms with Crippen LogP contribution in [-0.2, 0) is 19.1 Å². The molecule has 0 aliphatic rings. The smallest absolute Gasteiger partial charge is 0.338 e. The fourth-order valence-electron chi connectivity index (χ4n) is 1.81. The largest absolute Gasteiger partial charge is 0.467 e. The van der Waals surface area contributed by atoms with E-state index in [1.165, 1.54) is 19.2 Å². The highest BCUT2D eigenvalue weighted by atomic mass is 19.1. The predicted molar refractivity (Wildman–Crippen MR) is 80.1 cm³/mol. The van der Waals surface area contributed by atoms with Crippen LogP contribution in [0.25, 0.3) is 0 Å². The Balaban J connectivity index is 2.56. The summed E-state index contributed by atoms with van der Waals surface area (Å²) in [5, 5.41) is 2.48. The van der Waals surface area contributed by atoms with E-state index in [1.807, 2.05) is 6.92 Å². The van der Waals surface area contributed by atoms with E-state index >= 15 is 0 Å². The van der Waals surface area contributed by atoms with Crippen LogP contribution < -0.4 is 5.32 Å². The van der Waals surface area contributed by atoms with Crippen molar-refractivity contribution >= 4 is 17.8 Å². The number of amides is 1. The zero-order chi connectivity index (χ0) is 17.4. The van der Waals surface area contributed by atoms with Gasteiger partial charge in [-0.1, -0.05) is 20.3 Å². The first-order chi connectivity index (χ1) is 10.9. The van der Waals surface area contributed by atoms with Crippen molar-refractivity contribution in [3.63, 3.8) is 0 Å². The van der Waals surface area contributed by atoms with Crippen molar-refractivity contribution in [2.75, 3.05) is 13.7 Å². The van der Waals surface area contributed by atoms with Crippen molar-refractivity contribution < 1.29 is 28.2 Å². The molecule has 0 unspecified atom stereocenters. The van der Waals surface area contributed by atoms with Crippen LogP contribution >= 0.6 is 0 Å². The van der Waals surface area contributed by atoms with Gasteiger partial charge in [-0.3, -0.25) is 4.79 Å².